The van der Waals surface area contributed by atoms with Crippen molar-refractivity contribution >= 4 is 15.7 Å². The molecule has 1 aromatic heterocycles. The first-order chi connectivity index (χ1) is 6.65. The third-order valence-corrected chi connectivity index (χ3v) is 3.91. The second kappa shape index (κ2) is 3.24. The van der Waals surface area contributed by atoms with Gasteiger partial charge in [-0.3, -0.25) is 9.29 Å². The van der Waals surface area contributed by atoms with Crippen LogP contribution >= 0.6 is 0 Å². The van der Waals surface area contributed by atoms with Crippen molar-refractivity contribution in [2.75, 3.05) is 10.8 Å². The van der Waals surface area contributed by atoms with Crippen LogP contribution in [-0.2, 0) is 15.8 Å². The minimum atomic E-state index is -3.14. The lowest BCUT2D eigenvalue weighted by atomic mass is 10.3. The van der Waals surface area contributed by atoms with Gasteiger partial charge in [0.2, 0.25) is 10.0 Å². The highest BCUT2D eigenvalue weighted by molar-refractivity contribution is 7.92. The van der Waals surface area contributed by atoms with Crippen molar-refractivity contribution in [1.82, 2.24) is 4.98 Å². The summed E-state index contributed by atoms with van der Waals surface area (Å²) in [6, 6.07) is 3.57. The van der Waals surface area contributed by atoms with Crippen molar-refractivity contribution in [2.45, 2.75) is 19.1 Å². The second-order valence-corrected chi connectivity index (χ2v) is 5.19. The largest absolute Gasteiger partial charge is 0.268 e. The molecular weight excluding hydrogens is 200 g/mol. The molecule has 0 spiro atoms. The topological polar surface area (TPSA) is 50.3 Å². The van der Waals surface area contributed by atoms with Gasteiger partial charge < -0.3 is 0 Å². The summed E-state index contributed by atoms with van der Waals surface area (Å²) in [6.45, 7) is 2.50. The Morgan fingerprint density at radius 3 is 3.07 bits per heavy atom. The normalized spacial score (nSPS) is 18.2. The molecule has 14 heavy (non-hydrogen) atoms. The van der Waals surface area contributed by atoms with Crippen LogP contribution in [-0.4, -0.2) is 19.9 Å². The van der Waals surface area contributed by atoms with Gasteiger partial charge in [0.05, 0.1) is 11.4 Å². The highest BCUT2D eigenvalue weighted by Gasteiger charge is 2.32. The Hall–Kier alpha value is -1.10. The number of anilines is 1. The summed E-state index contributed by atoms with van der Waals surface area (Å²) in [5, 5.41) is 0. The molecule has 0 N–H and O–H groups in total. The smallest absolute Gasteiger partial charge is 0.241 e. The summed E-state index contributed by atoms with van der Waals surface area (Å²) in [4.78, 5) is 4.07. The Balaban J connectivity index is 2.48. The van der Waals surface area contributed by atoms with Gasteiger partial charge in [0.25, 0.3) is 0 Å². The molecule has 2 rings (SSSR count). The highest BCUT2D eigenvalue weighted by Crippen LogP contribution is 2.31. The molecule has 0 aliphatic carbocycles. The van der Waals surface area contributed by atoms with E-state index in [2.05, 4.69) is 4.98 Å². The Morgan fingerprint density at radius 1 is 1.57 bits per heavy atom. The molecule has 0 atom stereocenters. The van der Waals surface area contributed by atoms with Crippen LogP contribution < -0.4 is 4.31 Å². The third-order valence-electron chi connectivity index (χ3n) is 2.22. The summed E-state index contributed by atoms with van der Waals surface area (Å²) < 4.78 is 24.8. The number of aromatic nitrogens is 1. The van der Waals surface area contributed by atoms with E-state index >= 15 is 0 Å². The number of hydrogen-bond acceptors (Lipinski definition) is 3. The first-order valence-corrected chi connectivity index (χ1v) is 6.20. The predicted octanol–water partition coefficient (Wildman–Crippen LogP) is 1.14. The summed E-state index contributed by atoms with van der Waals surface area (Å²) >= 11 is 0. The lowest BCUT2D eigenvalue weighted by Gasteiger charge is -2.16. The molecule has 1 aromatic rings. The van der Waals surface area contributed by atoms with Gasteiger partial charge in [-0.2, -0.15) is 0 Å². The highest BCUT2D eigenvalue weighted by atomic mass is 32.2. The van der Waals surface area contributed by atoms with E-state index in [1.54, 1.807) is 12.3 Å². The lowest BCUT2D eigenvalue weighted by molar-refractivity contribution is 0.592. The standard InChI is InChI=1S/C9H12N2O2S/c1-2-6-11-9-4-3-5-10-8(9)7-14(11,12)13/h3-5H,2,6-7H2,1H3. The van der Waals surface area contributed by atoms with E-state index in [0.717, 1.165) is 12.1 Å². The molecule has 0 saturated heterocycles. The first-order valence-electron chi connectivity index (χ1n) is 4.59. The van der Waals surface area contributed by atoms with E-state index in [4.69, 9.17) is 0 Å². The van der Waals surface area contributed by atoms with Crippen LogP contribution in [0.15, 0.2) is 18.3 Å². The van der Waals surface area contributed by atoms with Crippen molar-refractivity contribution in [3.63, 3.8) is 0 Å². The molecule has 5 heteroatoms. The number of nitrogens with zero attached hydrogens (tertiary/aromatic N) is 2. The molecule has 0 aromatic carbocycles. The zero-order valence-corrected chi connectivity index (χ0v) is 8.79. The molecule has 1 aliphatic rings. The summed E-state index contributed by atoms with van der Waals surface area (Å²) in [5.74, 6) is 0.0448. The monoisotopic (exact) mass is 212 g/mol. The number of hydrogen-bond donors (Lipinski definition) is 0. The minimum absolute atomic E-state index is 0.0448. The summed E-state index contributed by atoms with van der Waals surface area (Å²) in [5.41, 5.74) is 1.41. The zero-order valence-electron chi connectivity index (χ0n) is 7.97. The fourth-order valence-electron chi connectivity index (χ4n) is 1.63. The van der Waals surface area contributed by atoms with E-state index in [1.807, 2.05) is 13.0 Å². The van der Waals surface area contributed by atoms with Crippen molar-refractivity contribution in [1.29, 1.82) is 0 Å². The third kappa shape index (κ3) is 1.37. The van der Waals surface area contributed by atoms with Gasteiger partial charge in [-0.05, 0) is 18.6 Å². The first kappa shape index (κ1) is 9.45. The zero-order chi connectivity index (χ0) is 10.2. The van der Waals surface area contributed by atoms with Crippen LogP contribution in [0.25, 0.3) is 0 Å². The predicted molar refractivity (Wildman–Crippen MR) is 54.5 cm³/mol. The SMILES string of the molecule is CCCN1c2cccnc2CS1(=O)=O. The quantitative estimate of drug-likeness (QED) is 0.738. The van der Waals surface area contributed by atoms with Gasteiger partial charge >= 0.3 is 0 Å². The van der Waals surface area contributed by atoms with Gasteiger partial charge in [0.1, 0.15) is 5.75 Å². The Labute approximate surface area is 83.6 Å². The maximum Gasteiger partial charge on any atom is 0.241 e. The summed E-state index contributed by atoms with van der Waals surface area (Å²) in [7, 11) is -3.14. The van der Waals surface area contributed by atoms with Crippen molar-refractivity contribution in [3.8, 4) is 0 Å². The van der Waals surface area contributed by atoms with Crippen LogP contribution in [0.1, 0.15) is 19.0 Å². The molecule has 0 unspecified atom stereocenters. The molecule has 0 saturated carbocycles. The van der Waals surface area contributed by atoms with Gasteiger partial charge in [-0.25, -0.2) is 8.42 Å². The Kier molecular flexibility index (Phi) is 2.19. The molecule has 0 radical (unpaired) electrons. The summed E-state index contributed by atoms with van der Waals surface area (Å²) in [6.07, 6.45) is 2.44. The number of pyridine rings is 1. The fraction of sp³-hybridized carbons (Fsp3) is 0.444. The maximum atomic E-state index is 11.7. The Morgan fingerprint density at radius 2 is 2.36 bits per heavy atom. The Bertz CT molecular complexity index is 442. The number of rotatable bonds is 2. The average molecular weight is 212 g/mol. The maximum absolute atomic E-state index is 11.7. The fourth-order valence-corrected chi connectivity index (χ4v) is 3.28. The van der Waals surface area contributed by atoms with E-state index in [1.165, 1.54) is 4.31 Å². The number of sulfonamides is 1. The molecule has 0 bridgehead atoms. The van der Waals surface area contributed by atoms with Crippen molar-refractivity contribution < 1.29 is 8.42 Å². The molecule has 1 aliphatic heterocycles. The van der Waals surface area contributed by atoms with E-state index in [-0.39, 0.29) is 5.75 Å². The van der Waals surface area contributed by atoms with Gasteiger partial charge in [0.15, 0.2) is 0 Å². The van der Waals surface area contributed by atoms with Crippen LogP contribution in [0, 0.1) is 0 Å². The van der Waals surface area contributed by atoms with Crippen LogP contribution in [0.3, 0.4) is 0 Å². The molecular formula is C9H12N2O2S. The molecule has 0 fully saturated rings. The molecule has 4 nitrogen and oxygen atoms in total. The molecule has 0 amide bonds. The van der Waals surface area contributed by atoms with Gasteiger partial charge in [-0.1, -0.05) is 6.92 Å². The lowest BCUT2D eigenvalue weighted by Crippen LogP contribution is -2.27. The van der Waals surface area contributed by atoms with E-state index in [0.29, 0.717) is 12.2 Å². The van der Waals surface area contributed by atoms with Gasteiger partial charge in [-0.15, -0.1) is 0 Å². The second-order valence-electron chi connectivity index (χ2n) is 3.30. The minimum Gasteiger partial charge on any atom is -0.268 e. The van der Waals surface area contributed by atoms with Crippen molar-refractivity contribution in [3.05, 3.63) is 24.0 Å². The van der Waals surface area contributed by atoms with Crippen LogP contribution in [0.5, 0.6) is 0 Å². The molecule has 76 valence electrons. The average Bonchev–Trinajstić information content (AvgIpc) is 2.39. The number of fused-ring (bicyclic) bond motifs is 1. The van der Waals surface area contributed by atoms with Gasteiger partial charge in [0, 0.05) is 12.7 Å². The van der Waals surface area contributed by atoms with E-state index < -0.39 is 10.0 Å². The molecule has 2 heterocycles. The van der Waals surface area contributed by atoms with Crippen molar-refractivity contribution in [2.24, 2.45) is 0 Å². The van der Waals surface area contributed by atoms with Crippen LogP contribution in [0.4, 0.5) is 5.69 Å². The van der Waals surface area contributed by atoms with E-state index in [9.17, 15) is 8.42 Å². The van der Waals surface area contributed by atoms with Crippen LogP contribution in [0.2, 0.25) is 0 Å².